The first kappa shape index (κ1) is 12.1. The molecular weight excluding hydrogens is 212 g/mol. The number of anilines is 1. The molecular formula is C14H20N2O. The first-order chi connectivity index (χ1) is 8.19. The monoisotopic (exact) mass is 232 g/mol. The van der Waals surface area contributed by atoms with Gasteiger partial charge >= 0.3 is 0 Å². The summed E-state index contributed by atoms with van der Waals surface area (Å²) in [4.78, 5) is 11.2. The van der Waals surface area contributed by atoms with Crippen molar-refractivity contribution >= 4 is 12.0 Å². The van der Waals surface area contributed by atoms with Crippen molar-refractivity contribution in [2.24, 2.45) is 5.92 Å². The van der Waals surface area contributed by atoms with Crippen molar-refractivity contribution in [3.8, 4) is 0 Å². The summed E-state index contributed by atoms with van der Waals surface area (Å²) in [5.41, 5.74) is 7.73. The number of nitrogens with one attached hydrogen (secondary N) is 1. The summed E-state index contributed by atoms with van der Waals surface area (Å²) in [5, 5.41) is 3.36. The topological polar surface area (TPSA) is 55.1 Å². The van der Waals surface area contributed by atoms with E-state index in [1.54, 1.807) is 0 Å². The maximum Gasteiger partial charge on any atom is 0.123 e. The van der Waals surface area contributed by atoms with Crippen LogP contribution in [-0.2, 0) is 10.2 Å². The van der Waals surface area contributed by atoms with Crippen LogP contribution >= 0.6 is 0 Å². The molecule has 0 bridgehead atoms. The van der Waals surface area contributed by atoms with Gasteiger partial charge < -0.3 is 15.8 Å². The van der Waals surface area contributed by atoms with Gasteiger partial charge in [0.15, 0.2) is 0 Å². The second-order valence-electron chi connectivity index (χ2n) is 4.95. The Morgan fingerprint density at radius 3 is 2.41 bits per heavy atom. The Bertz CT molecular complexity index is 380. The van der Waals surface area contributed by atoms with E-state index in [1.165, 1.54) is 5.56 Å². The molecule has 0 radical (unpaired) electrons. The molecule has 0 amide bonds. The van der Waals surface area contributed by atoms with Crippen molar-refractivity contribution in [3.05, 3.63) is 29.8 Å². The predicted molar refractivity (Wildman–Crippen MR) is 69.9 cm³/mol. The van der Waals surface area contributed by atoms with Crippen LogP contribution in [0.25, 0.3) is 0 Å². The summed E-state index contributed by atoms with van der Waals surface area (Å²) in [7, 11) is 0. The molecule has 0 saturated carbocycles. The second kappa shape index (κ2) is 4.88. The molecule has 3 nitrogen and oxygen atoms in total. The first-order valence-electron chi connectivity index (χ1n) is 6.21. The molecule has 1 heterocycles. The van der Waals surface area contributed by atoms with Gasteiger partial charge in [0.2, 0.25) is 0 Å². The van der Waals surface area contributed by atoms with E-state index in [4.69, 9.17) is 5.73 Å². The summed E-state index contributed by atoms with van der Waals surface area (Å²) in [5.74, 6) is 0.0493. The van der Waals surface area contributed by atoms with Crippen molar-refractivity contribution in [1.29, 1.82) is 0 Å². The van der Waals surface area contributed by atoms with E-state index in [0.717, 1.165) is 37.9 Å². The van der Waals surface area contributed by atoms with Crippen molar-refractivity contribution in [3.63, 3.8) is 0 Å². The molecule has 1 aromatic carbocycles. The highest BCUT2D eigenvalue weighted by molar-refractivity contribution is 5.58. The zero-order valence-electron chi connectivity index (χ0n) is 10.3. The average molecular weight is 232 g/mol. The SMILES string of the molecule is CC(C=O)C1(c2ccc(N)cc2)CCNCC1. The molecule has 3 N–H and O–H groups in total. The molecule has 0 aromatic heterocycles. The lowest BCUT2D eigenvalue weighted by molar-refractivity contribution is -0.113. The normalized spacial score (nSPS) is 20.8. The predicted octanol–water partition coefficient (Wildman–Crippen LogP) is 1.73. The fourth-order valence-electron chi connectivity index (χ4n) is 2.83. The molecule has 1 aliphatic heterocycles. The lowest BCUT2D eigenvalue weighted by Gasteiger charge is -2.41. The fourth-order valence-corrected chi connectivity index (χ4v) is 2.83. The highest BCUT2D eigenvalue weighted by Crippen LogP contribution is 2.39. The molecule has 1 unspecified atom stereocenters. The van der Waals surface area contributed by atoms with Crippen LogP contribution in [0.5, 0.6) is 0 Å². The quantitative estimate of drug-likeness (QED) is 0.616. The van der Waals surface area contributed by atoms with E-state index in [9.17, 15) is 4.79 Å². The van der Waals surface area contributed by atoms with Crippen LogP contribution in [0.15, 0.2) is 24.3 Å². The lowest BCUT2D eigenvalue weighted by Crippen LogP contribution is -2.44. The second-order valence-corrected chi connectivity index (χ2v) is 4.95. The Morgan fingerprint density at radius 2 is 1.88 bits per heavy atom. The minimum atomic E-state index is -0.0132. The van der Waals surface area contributed by atoms with Gasteiger partial charge in [0.25, 0.3) is 0 Å². The standard InChI is InChI=1S/C14H20N2O/c1-11(10-17)14(6-8-16-9-7-14)12-2-4-13(15)5-3-12/h2-5,10-11,16H,6-9,15H2,1H3. The molecule has 92 valence electrons. The zero-order chi connectivity index (χ0) is 12.3. The number of nitrogens with two attached hydrogens (primary N) is 1. The molecule has 0 spiro atoms. The molecule has 2 rings (SSSR count). The Kier molecular flexibility index (Phi) is 3.48. The molecule has 0 aliphatic carbocycles. The number of aldehydes is 1. The number of hydrogen-bond donors (Lipinski definition) is 2. The van der Waals surface area contributed by atoms with Crippen LogP contribution in [0.2, 0.25) is 0 Å². The van der Waals surface area contributed by atoms with Crippen LogP contribution in [0.1, 0.15) is 25.3 Å². The minimum Gasteiger partial charge on any atom is -0.399 e. The van der Waals surface area contributed by atoms with Crippen molar-refractivity contribution < 1.29 is 4.79 Å². The van der Waals surface area contributed by atoms with Crippen LogP contribution in [0.4, 0.5) is 5.69 Å². The van der Waals surface area contributed by atoms with Gasteiger partial charge in [-0.05, 0) is 43.6 Å². The van der Waals surface area contributed by atoms with Gasteiger partial charge in [0.05, 0.1) is 0 Å². The van der Waals surface area contributed by atoms with E-state index in [1.807, 2.05) is 19.1 Å². The zero-order valence-corrected chi connectivity index (χ0v) is 10.3. The van der Waals surface area contributed by atoms with Gasteiger partial charge in [-0.15, -0.1) is 0 Å². The molecule has 1 saturated heterocycles. The third-order valence-electron chi connectivity index (χ3n) is 4.06. The molecule has 1 aliphatic rings. The van der Waals surface area contributed by atoms with Gasteiger partial charge in [-0.1, -0.05) is 19.1 Å². The van der Waals surface area contributed by atoms with Crippen molar-refractivity contribution in [1.82, 2.24) is 5.32 Å². The smallest absolute Gasteiger partial charge is 0.123 e. The van der Waals surface area contributed by atoms with E-state index < -0.39 is 0 Å². The summed E-state index contributed by atoms with van der Waals surface area (Å²) >= 11 is 0. The Labute approximate surface area is 102 Å². The molecule has 1 aromatic rings. The third-order valence-corrected chi connectivity index (χ3v) is 4.06. The summed E-state index contributed by atoms with van der Waals surface area (Å²) in [6.07, 6.45) is 3.11. The minimum absolute atomic E-state index is 0.0132. The number of carbonyl (C=O) groups is 1. The molecule has 3 heteroatoms. The van der Waals surface area contributed by atoms with Crippen LogP contribution in [0.3, 0.4) is 0 Å². The van der Waals surface area contributed by atoms with Gasteiger partial charge in [-0.3, -0.25) is 0 Å². The number of rotatable bonds is 3. The average Bonchev–Trinajstić information content (AvgIpc) is 2.39. The van der Waals surface area contributed by atoms with Crippen molar-refractivity contribution in [2.45, 2.75) is 25.2 Å². The molecule has 1 fully saturated rings. The van der Waals surface area contributed by atoms with Crippen molar-refractivity contribution in [2.75, 3.05) is 18.8 Å². The van der Waals surface area contributed by atoms with E-state index in [2.05, 4.69) is 17.4 Å². The van der Waals surface area contributed by atoms with Crippen LogP contribution in [-0.4, -0.2) is 19.4 Å². The van der Waals surface area contributed by atoms with Crippen LogP contribution < -0.4 is 11.1 Å². The lowest BCUT2D eigenvalue weighted by atomic mass is 9.66. The highest BCUT2D eigenvalue weighted by atomic mass is 16.1. The molecule has 17 heavy (non-hydrogen) atoms. The summed E-state index contributed by atoms with van der Waals surface area (Å²) < 4.78 is 0. The van der Waals surface area contributed by atoms with E-state index in [0.29, 0.717) is 0 Å². The van der Waals surface area contributed by atoms with Gasteiger partial charge in [0, 0.05) is 17.0 Å². The molecule has 1 atom stereocenters. The van der Waals surface area contributed by atoms with E-state index in [-0.39, 0.29) is 11.3 Å². The number of hydrogen-bond acceptors (Lipinski definition) is 3. The van der Waals surface area contributed by atoms with Gasteiger partial charge in [0.1, 0.15) is 6.29 Å². The number of carbonyl (C=O) groups excluding carboxylic acids is 1. The Hall–Kier alpha value is -1.35. The number of nitrogen functional groups attached to an aromatic ring is 1. The van der Waals surface area contributed by atoms with Gasteiger partial charge in [-0.2, -0.15) is 0 Å². The first-order valence-corrected chi connectivity index (χ1v) is 6.21. The van der Waals surface area contributed by atoms with Crippen LogP contribution in [0, 0.1) is 5.92 Å². The maximum absolute atomic E-state index is 11.2. The number of benzene rings is 1. The highest BCUT2D eigenvalue weighted by Gasteiger charge is 2.38. The summed E-state index contributed by atoms with van der Waals surface area (Å²) in [6.45, 7) is 3.97. The number of piperidine rings is 1. The third kappa shape index (κ3) is 2.20. The maximum atomic E-state index is 11.2. The fraction of sp³-hybridized carbons (Fsp3) is 0.500. The largest absolute Gasteiger partial charge is 0.399 e. The Morgan fingerprint density at radius 1 is 1.29 bits per heavy atom. The Balaban J connectivity index is 2.38. The summed E-state index contributed by atoms with van der Waals surface area (Å²) in [6, 6.07) is 7.99. The van der Waals surface area contributed by atoms with Gasteiger partial charge in [-0.25, -0.2) is 0 Å². The van der Waals surface area contributed by atoms with E-state index >= 15 is 0 Å².